The van der Waals surface area contributed by atoms with Crippen LogP contribution in [0.4, 0.5) is 105 Å². The quantitative estimate of drug-likeness (QED) is 0.0250. The molecule has 4 saturated heterocycles. The van der Waals surface area contributed by atoms with Gasteiger partial charge in [0.1, 0.15) is 23.3 Å². The molecular weight excluding hydrogens is 1910 g/mol. The minimum Gasteiger partial charge on any atom is -0.487 e. The SMILES string of the molecule is CCCCCc1cc(F)c(OCC2CCC(c3ccc(-c4cc(F)c(F)c(F)c4)c(F)c3)OC2)c(F)c1.CCCCc1cc(F)c(OCC2CCC(c3ccc(-c4cc(F)c(F)c(F)c4)c(F)c3)OC2)c(F)c1.CCCc1cc(F)c(OCC2CCC(c3ccc(-c4cc(F)c(F)c(F)c4)c(F)c3)OC2)c(F)c1.CCc1cc(F)c(OCC2CCC(c3ccc(-c4cc(F)c(F)c(F)c4)c(F)c3)OC2)c(F)c1. The zero-order valence-corrected chi connectivity index (χ0v) is 77.5. The Hall–Kier alpha value is -12.0. The minimum absolute atomic E-state index is 0.0657. The van der Waals surface area contributed by atoms with Crippen LogP contribution in [-0.4, -0.2) is 52.9 Å². The Morgan fingerprint density at radius 2 is 0.437 bits per heavy atom. The van der Waals surface area contributed by atoms with Crippen LogP contribution < -0.4 is 18.9 Å². The van der Waals surface area contributed by atoms with Crippen molar-refractivity contribution in [2.45, 2.75) is 168 Å². The van der Waals surface area contributed by atoms with Crippen LogP contribution in [0.2, 0.25) is 0 Å². The van der Waals surface area contributed by atoms with E-state index in [0.717, 1.165) is 87.1 Å². The lowest BCUT2D eigenvalue weighted by Crippen LogP contribution is -2.26. The molecule has 12 aromatic rings. The molecule has 0 bridgehead atoms. The summed E-state index contributed by atoms with van der Waals surface area (Å²) in [5, 5.41) is 0. The third-order valence-electron chi connectivity index (χ3n) is 25.0. The van der Waals surface area contributed by atoms with Crippen molar-refractivity contribution in [2.24, 2.45) is 23.7 Å². The minimum atomic E-state index is -1.61. The van der Waals surface area contributed by atoms with Gasteiger partial charge in [0.05, 0.1) is 77.3 Å². The van der Waals surface area contributed by atoms with E-state index in [1.807, 2.05) is 13.8 Å². The molecule has 4 aliphatic rings. The van der Waals surface area contributed by atoms with E-state index in [0.29, 0.717) is 122 Å². The first-order valence-electron chi connectivity index (χ1n) is 46.7. The summed E-state index contributed by atoms with van der Waals surface area (Å²) < 4.78 is 379. The Balaban J connectivity index is 0.000000159. The van der Waals surface area contributed by atoms with Gasteiger partial charge in [-0.25, -0.2) is 105 Å². The van der Waals surface area contributed by atoms with Crippen molar-refractivity contribution in [3.63, 3.8) is 0 Å². The van der Waals surface area contributed by atoms with Gasteiger partial charge in [-0.1, -0.05) is 102 Å². The first kappa shape index (κ1) is 107. The lowest BCUT2D eigenvalue weighted by molar-refractivity contribution is -0.0293. The molecule has 4 fully saturated rings. The van der Waals surface area contributed by atoms with Gasteiger partial charge in [-0.3, -0.25) is 0 Å². The second-order valence-corrected chi connectivity index (χ2v) is 35.5. The molecule has 0 aromatic heterocycles. The summed E-state index contributed by atoms with van der Waals surface area (Å²) in [5.41, 5.74) is 3.74. The van der Waals surface area contributed by atoms with Crippen LogP contribution in [0.15, 0.2) is 170 Å². The number of hydrogen-bond donors (Lipinski definition) is 0. The van der Waals surface area contributed by atoms with Gasteiger partial charge in [0.25, 0.3) is 0 Å². The Labute approximate surface area is 805 Å². The molecule has 756 valence electrons. The van der Waals surface area contributed by atoms with Crippen molar-refractivity contribution in [3.8, 4) is 67.5 Å². The van der Waals surface area contributed by atoms with E-state index in [-0.39, 0.29) is 121 Å². The predicted octanol–water partition coefficient (Wildman–Crippen LogP) is 31.5. The molecule has 8 nitrogen and oxygen atoms in total. The monoisotopic (exact) mass is 2000 g/mol. The highest BCUT2D eigenvalue weighted by Gasteiger charge is 2.33. The number of hydrogen-bond acceptors (Lipinski definition) is 8. The second kappa shape index (κ2) is 49.8. The molecular formula is C110H100F24O8. The smallest absolute Gasteiger partial charge is 0.194 e. The average molecular weight is 2010 g/mol. The Morgan fingerprint density at radius 3 is 0.634 bits per heavy atom. The maximum atomic E-state index is 14.7. The van der Waals surface area contributed by atoms with Crippen molar-refractivity contribution >= 4 is 0 Å². The van der Waals surface area contributed by atoms with Gasteiger partial charge in [0, 0.05) is 45.9 Å². The first-order chi connectivity index (χ1) is 68.0. The summed E-state index contributed by atoms with van der Waals surface area (Å²) in [5.74, 6) is -28.4. The van der Waals surface area contributed by atoms with Gasteiger partial charge >= 0.3 is 0 Å². The molecule has 8 unspecified atom stereocenters. The number of unbranched alkanes of at least 4 members (excludes halogenated alkanes) is 3. The lowest BCUT2D eigenvalue weighted by Gasteiger charge is -2.29. The van der Waals surface area contributed by atoms with Crippen LogP contribution in [0, 0.1) is 163 Å². The summed E-state index contributed by atoms with van der Waals surface area (Å²) in [7, 11) is 0. The summed E-state index contributed by atoms with van der Waals surface area (Å²) in [4.78, 5) is 0. The van der Waals surface area contributed by atoms with E-state index in [1.54, 1.807) is 31.2 Å². The van der Waals surface area contributed by atoms with Gasteiger partial charge in [0.2, 0.25) is 0 Å². The Kier molecular flexibility index (Phi) is 37.6. The number of ether oxygens (including phenoxy) is 8. The fourth-order valence-electron chi connectivity index (χ4n) is 17.2. The summed E-state index contributed by atoms with van der Waals surface area (Å²) >= 11 is 0. The molecule has 32 heteroatoms. The molecule has 12 aromatic carbocycles. The van der Waals surface area contributed by atoms with Gasteiger partial charge in [-0.15, -0.1) is 0 Å². The molecule has 0 aliphatic carbocycles. The fraction of sp³-hybridized carbons (Fsp3) is 0.345. The van der Waals surface area contributed by atoms with Crippen molar-refractivity contribution in [3.05, 3.63) is 354 Å². The van der Waals surface area contributed by atoms with Crippen molar-refractivity contribution in [2.75, 3.05) is 52.9 Å². The van der Waals surface area contributed by atoms with Crippen molar-refractivity contribution in [1.82, 2.24) is 0 Å². The first-order valence-corrected chi connectivity index (χ1v) is 46.7. The molecule has 0 amide bonds. The molecule has 4 heterocycles. The summed E-state index contributed by atoms with van der Waals surface area (Å²) in [6.07, 6.45) is 10.6. The molecule has 8 atom stereocenters. The van der Waals surface area contributed by atoms with Crippen LogP contribution in [0.25, 0.3) is 44.5 Å². The van der Waals surface area contributed by atoms with Crippen molar-refractivity contribution < 1.29 is 143 Å². The Bertz CT molecular complexity index is 6180. The van der Waals surface area contributed by atoms with E-state index < -0.39 is 187 Å². The third kappa shape index (κ3) is 27.5. The van der Waals surface area contributed by atoms with Gasteiger partial charge in [-0.05, 0) is 278 Å². The molecule has 142 heavy (non-hydrogen) atoms. The van der Waals surface area contributed by atoms with Crippen molar-refractivity contribution in [1.29, 1.82) is 0 Å². The van der Waals surface area contributed by atoms with E-state index >= 15 is 0 Å². The van der Waals surface area contributed by atoms with Gasteiger partial charge in [-0.2, -0.15) is 0 Å². The number of benzene rings is 12. The Morgan fingerprint density at radius 1 is 0.218 bits per heavy atom. The summed E-state index contributed by atoms with van der Waals surface area (Å²) in [6.45, 7) is 9.08. The van der Waals surface area contributed by atoms with E-state index in [1.165, 1.54) is 97.1 Å². The lowest BCUT2D eigenvalue weighted by atomic mass is 9.93. The summed E-state index contributed by atoms with van der Waals surface area (Å²) in [6, 6.07) is 32.9. The normalized spacial score (nSPS) is 17.9. The zero-order valence-electron chi connectivity index (χ0n) is 77.5. The predicted molar refractivity (Wildman–Crippen MR) is 485 cm³/mol. The number of halogens is 24. The average Bonchev–Trinajstić information content (AvgIpc) is 0.805. The van der Waals surface area contributed by atoms with Gasteiger partial charge in [0.15, 0.2) is 139 Å². The molecule has 0 radical (unpaired) electrons. The highest BCUT2D eigenvalue weighted by Crippen LogP contribution is 2.43. The molecule has 0 N–H and O–H groups in total. The standard InChI is InChI=1S/C29H28F6O2.C28H26F6O2.C27H24F6O2.C26H22F6O2/c1-2-3-4-5-17-10-25(33)29(26(34)11-17)37-16-18-6-9-27(36-15-18)19-7-8-21(22(30)12-19)20-13-23(31)28(35)24(32)14-20;1-2-3-4-16-9-24(32)28(25(33)10-16)36-15-17-5-8-26(35-14-17)18-6-7-20(21(29)11-18)19-12-22(30)27(34)23(31)13-19;1-2-3-15-8-23(31)27(24(32)9-15)35-14-16-4-7-25(34-13-16)17-5-6-19(20(28)10-17)18-11-21(29)26(33)22(30)12-18;1-2-14-7-22(30)26(23(31)8-14)34-13-15-3-6-24(33-12-15)16-4-5-18(19(27)9-16)17-10-20(28)25(32)21(29)11-17/h7-8,10-14,18,27H,2-6,9,15-16H2,1H3;6-7,9-13,17,26H,2-5,8,14-15H2,1H3;5-6,8-12,16,25H,2-4,7,13-14H2,1H3;4-5,7-11,15,24H,2-3,6,12-13H2,1H3. The number of aryl methyl sites for hydroxylation is 4. The molecule has 4 aliphatic heterocycles. The maximum absolute atomic E-state index is 14.7. The van der Waals surface area contributed by atoms with Crippen LogP contribution in [0.3, 0.4) is 0 Å². The van der Waals surface area contributed by atoms with Crippen LogP contribution in [0.5, 0.6) is 23.0 Å². The molecule has 0 spiro atoms. The second-order valence-electron chi connectivity index (χ2n) is 35.5. The largest absolute Gasteiger partial charge is 0.487 e. The number of rotatable bonds is 30. The van der Waals surface area contributed by atoms with E-state index in [2.05, 4.69) is 6.92 Å². The third-order valence-corrected chi connectivity index (χ3v) is 25.0. The maximum Gasteiger partial charge on any atom is 0.194 e. The van der Waals surface area contributed by atoms with E-state index in [4.69, 9.17) is 37.9 Å². The molecule has 0 saturated carbocycles. The topological polar surface area (TPSA) is 73.8 Å². The molecule has 16 rings (SSSR count). The van der Waals surface area contributed by atoms with E-state index in [9.17, 15) is 105 Å². The van der Waals surface area contributed by atoms with Crippen LogP contribution in [-0.2, 0) is 44.6 Å². The fourth-order valence-corrected chi connectivity index (χ4v) is 17.2. The van der Waals surface area contributed by atoms with Crippen LogP contribution >= 0.6 is 0 Å². The highest BCUT2D eigenvalue weighted by molar-refractivity contribution is 5.68. The van der Waals surface area contributed by atoms with Gasteiger partial charge < -0.3 is 37.9 Å². The highest BCUT2D eigenvalue weighted by atomic mass is 19.2. The van der Waals surface area contributed by atoms with Crippen LogP contribution in [0.1, 0.15) is 187 Å². The zero-order chi connectivity index (χ0) is 102.